The first-order valence-electron chi connectivity index (χ1n) is 5.18. The first kappa shape index (κ1) is 11.1. The summed E-state index contributed by atoms with van der Waals surface area (Å²) in [6.07, 6.45) is -0.391. The number of aliphatic hydroxyl groups is 1. The molecule has 0 spiro atoms. The molecule has 6 N–H and O–H groups in total. The van der Waals surface area contributed by atoms with Crippen molar-refractivity contribution in [3.05, 3.63) is 29.3 Å². The number of nitrogens with one attached hydrogen (secondary N) is 1. The fraction of sp³-hybridized carbons (Fsp3) is 0.364. The van der Waals surface area contributed by atoms with E-state index in [0.717, 1.165) is 16.8 Å². The van der Waals surface area contributed by atoms with Crippen molar-refractivity contribution < 1.29 is 9.90 Å². The first-order valence-corrected chi connectivity index (χ1v) is 5.18. The Morgan fingerprint density at radius 1 is 1.50 bits per heavy atom. The molecule has 1 amide bonds. The first-order chi connectivity index (χ1) is 7.61. The van der Waals surface area contributed by atoms with Crippen LogP contribution >= 0.6 is 0 Å². The van der Waals surface area contributed by atoms with Crippen LogP contribution in [0.25, 0.3) is 0 Å². The van der Waals surface area contributed by atoms with Gasteiger partial charge >= 0.3 is 0 Å². The summed E-state index contributed by atoms with van der Waals surface area (Å²) in [5, 5.41) is 12.3. The molecule has 0 saturated carbocycles. The molecule has 0 bridgehead atoms. The molecule has 1 aromatic rings. The van der Waals surface area contributed by atoms with Crippen molar-refractivity contribution in [3.8, 4) is 0 Å². The number of carbonyl (C=O) groups excluding carboxylic acids is 1. The molecule has 86 valence electrons. The molecule has 2 unspecified atom stereocenters. The summed E-state index contributed by atoms with van der Waals surface area (Å²) in [4.78, 5) is 11.2. The van der Waals surface area contributed by atoms with Gasteiger partial charge in [-0.25, -0.2) is 0 Å². The lowest BCUT2D eigenvalue weighted by molar-refractivity contribution is -0.115. The Kier molecular flexibility index (Phi) is 2.91. The van der Waals surface area contributed by atoms with Gasteiger partial charge in [-0.05, 0) is 17.2 Å². The van der Waals surface area contributed by atoms with Gasteiger partial charge in [-0.15, -0.1) is 0 Å². The second-order valence-corrected chi connectivity index (χ2v) is 3.97. The summed E-state index contributed by atoms with van der Waals surface area (Å²) < 4.78 is 0. The predicted molar refractivity (Wildman–Crippen MR) is 60.8 cm³/mol. The Morgan fingerprint density at radius 2 is 2.25 bits per heavy atom. The quantitative estimate of drug-likeness (QED) is 0.552. The number of fused-ring (bicyclic) bond motifs is 1. The van der Waals surface area contributed by atoms with Crippen molar-refractivity contribution in [2.45, 2.75) is 18.6 Å². The van der Waals surface area contributed by atoms with Gasteiger partial charge in [-0.1, -0.05) is 12.1 Å². The SMILES string of the molecule is NCC(O)C(N)c1ccc2c(c1)CC(=O)N2. The van der Waals surface area contributed by atoms with Gasteiger partial charge in [0.2, 0.25) is 5.91 Å². The van der Waals surface area contributed by atoms with Crippen molar-refractivity contribution in [2.24, 2.45) is 11.5 Å². The lowest BCUT2D eigenvalue weighted by atomic mass is 9.99. The Bertz CT molecular complexity index is 420. The third-order valence-electron chi connectivity index (χ3n) is 2.80. The van der Waals surface area contributed by atoms with Crippen molar-refractivity contribution in [2.75, 3.05) is 11.9 Å². The number of aliphatic hydroxyl groups excluding tert-OH is 1. The molecule has 1 aliphatic rings. The molecule has 2 rings (SSSR count). The van der Waals surface area contributed by atoms with E-state index in [0.29, 0.717) is 6.42 Å². The van der Waals surface area contributed by atoms with Crippen LogP contribution in [-0.2, 0) is 11.2 Å². The number of carbonyl (C=O) groups is 1. The number of anilines is 1. The molecule has 0 radical (unpaired) electrons. The number of benzene rings is 1. The highest BCUT2D eigenvalue weighted by Crippen LogP contribution is 2.26. The van der Waals surface area contributed by atoms with E-state index >= 15 is 0 Å². The highest BCUT2D eigenvalue weighted by molar-refractivity contribution is 5.99. The van der Waals surface area contributed by atoms with Crippen LogP contribution in [0.15, 0.2) is 18.2 Å². The van der Waals surface area contributed by atoms with Crippen LogP contribution in [0.4, 0.5) is 5.69 Å². The molecular weight excluding hydrogens is 206 g/mol. The number of rotatable bonds is 3. The molecule has 5 nitrogen and oxygen atoms in total. The Labute approximate surface area is 93.4 Å². The molecule has 0 aromatic heterocycles. The van der Waals surface area contributed by atoms with Crippen molar-refractivity contribution >= 4 is 11.6 Å². The van der Waals surface area contributed by atoms with Crippen molar-refractivity contribution in [1.29, 1.82) is 0 Å². The minimum absolute atomic E-state index is 0.0138. The fourth-order valence-electron chi connectivity index (χ4n) is 1.83. The summed E-state index contributed by atoms with van der Waals surface area (Å²) in [7, 11) is 0. The van der Waals surface area contributed by atoms with Gasteiger partial charge < -0.3 is 21.9 Å². The second kappa shape index (κ2) is 4.21. The van der Waals surface area contributed by atoms with Crippen LogP contribution in [-0.4, -0.2) is 23.7 Å². The van der Waals surface area contributed by atoms with Crippen LogP contribution in [0, 0.1) is 0 Å². The summed E-state index contributed by atoms with van der Waals surface area (Å²) in [6.45, 7) is 0.120. The highest BCUT2D eigenvalue weighted by atomic mass is 16.3. The lowest BCUT2D eigenvalue weighted by Gasteiger charge is -2.18. The topological polar surface area (TPSA) is 101 Å². The monoisotopic (exact) mass is 221 g/mol. The van der Waals surface area contributed by atoms with Gasteiger partial charge in [-0.3, -0.25) is 4.79 Å². The largest absolute Gasteiger partial charge is 0.390 e. The van der Waals surface area contributed by atoms with Crippen molar-refractivity contribution in [3.63, 3.8) is 0 Å². The van der Waals surface area contributed by atoms with E-state index in [9.17, 15) is 9.90 Å². The molecule has 1 aliphatic heterocycles. The smallest absolute Gasteiger partial charge is 0.228 e. The predicted octanol–water partition coefficient (Wildman–Crippen LogP) is -0.499. The fourth-order valence-corrected chi connectivity index (χ4v) is 1.83. The van der Waals surface area contributed by atoms with Crippen LogP contribution in [0.3, 0.4) is 0 Å². The summed E-state index contributed by atoms with van der Waals surface area (Å²) >= 11 is 0. The average Bonchev–Trinajstić information content (AvgIpc) is 2.65. The van der Waals surface area contributed by atoms with Crippen molar-refractivity contribution in [1.82, 2.24) is 0 Å². The zero-order valence-corrected chi connectivity index (χ0v) is 8.81. The van der Waals surface area contributed by atoms with E-state index in [4.69, 9.17) is 11.5 Å². The molecule has 0 aliphatic carbocycles. The van der Waals surface area contributed by atoms with Crippen LogP contribution < -0.4 is 16.8 Å². The number of nitrogens with two attached hydrogens (primary N) is 2. The highest BCUT2D eigenvalue weighted by Gasteiger charge is 2.21. The number of hydrogen-bond donors (Lipinski definition) is 4. The maximum absolute atomic E-state index is 11.2. The van der Waals surface area contributed by atoms with E-state index in [1.165, 1.54) is 0 Å². The lowest BCUT2D eigenvalue weighted by Crippen LogP contribution is -2.32. The third-order valence-corrected chi connectivity index (χ3v) is 2.80. The van der Waals surface area contributed by atoms with E-state index in [-0.39, 0.29) is 12.5 Å². The Hall–Kier alpha value is -1.43. The third kappa shape index (κ3) is 1.92. The van der Waals surface area contributed by atoms with E-state index in [1.54, 1.807) is 12.1 Å². The zero-order valence-electron chi connectivity index (χ0n) is 8.81. The van der Waals surface area contributed by atoms with Gasteiger partial charge in [0, 0.05) is 12.2 Å². The average molecular weight is 221 g/mol. The Morgan fingerprint density at radius 3 is 2.94 bits per heavy atom. The van der Waals surface area contributed by atoms with E-state index in [2.05, 4.69) is 5.32 Å². The maximum Gasteiger partial charge on any atom is 0.228 e. The number of amides is 1. The Balaban J connectivity index is 2.25. The minimum atomic E-state index is -0.761. The van der Waals surface area contributed by atoms with E-state index < -0.39 is 12.1 Å². The molecule has 5 heteroatoms. The van der Waals surface area contributed by atoms with E-state index in [1.807, 2.05) is 6.07 Å². The zero-order chi connectivity index (χ0) is 11.7. The van der Waals surface area contributed by atoms with Crippen LogP contribution in [0.5, 0.6) is 0 Å². The van der Waals surface area contributed by atoms with Gasteiger partial charge in [0.15, 0.2) is 0 Å². The summed E-state index contributed by atoms with van der Waals surface area (Å²) in [6, 6.07) is 4.94. The minimum Gasteiger partial charge on any atom is -0.390 e. The van der Waals surface area contributed by atoms with Gasteiger partial charge in [0.05, 0.1) is 18.6 Å². The van der Waals surface area contributed by atoms with Gasteiger partial charge in [0.25, 0.3) is 0 Å². The summed E-state index contributed by atoms with van der Waals surface area (Å²) in [5.41, 5.74) is 13.7. The standard InChI is InChI=1S/C11H15N3O2/c12-5-9(15)11(13)6-1-2-8-7(3-6)4-10(16)14-8/h1-3,9,11,15H,4-5,12-13H2,(H,14,16). The van der Waals surface area contributed by atoms with Crippen LogP contribution in [0.2, 0.25) is 0 Å². The maximum atomic E-state index is 11.2. The van der Waals surface area contributed by atoms with Gasteiger partial charge in [0.1, 0.15) is 0 Å². The molecular formula is C11H15N3O2. The normalized spacial score (nSPS) is 17.8. The number of hydrogen-bond acceptors (Lipinski definition) is 4. The molecule has 16 heavy (non-hydrogen) atoms. The summed E-state index contributed by atoms with van der Waals surface area (Å²) in [5.74, 6) is -0.0138. The second-order valence-electron chi connectivity index (χ2n) is 3.97. The molecule has 0 saturated heterocycles. The molecule has 0 fully saturated rings. The van der Waals surface area contributed by atoms with Gasteiger partial charge in [-0.2, -0.15) is 0 Å². The molecule has 1 heterocycles. The molecule has 1 aromatic carbocycles. The van der Waals surface area contributed by atoms with Crippen LogP contribution in [0.1, 0.15) is 17.2 Å². The molecule has 2 atom stereocenters.